The third kappa shape index (κ3) is 7.88. The Morgan fingerprint density at radius 3 is 1.68 bits per heavy atom. The van der Waals surface area contributed by atoms with Crippen LogP contribution in [0.15, 0.2) is 24.3 Å². The second-order valence-electron chi connectivity index (χ2n) is 19.5. The Kier molecular flexibility index (Phi) is 11.8. The lowest BCUT2D eigenvalue weighted by molar-refractivity contribution is -0.923. The number of nitrogens with zero attached hydrogens (tertiary/aromatic N) is 4. The molecule has 0 aliphatic carbocycles. The van der Waals surface area contributed by atoms with Gasteiger partial charge in [0, 0.05) is 19.4 Å². The average Bonchev–Trinajstić information content (AvgIpc) is 3.33. The van der Waals surface area contributed by atoms with Gasteiger partial charge in [-0.15, -0.1) is 0 Å². The minimum absolute atomic E-state index is 0.0276. The summed E-state index contributed by atoms with van der Waals surface area (Å²) < 4.78 is 21.7. The first-order valence-electron chi connectivity index (χ1n) is 21.4. The molecule has 2 aromatic carbocycles. The van der Waals surface area contributed by atoms with Crippen LogP contribution in [0.3, 0.4) is 0 Å². The van der Waals surface area contributed by atoms with Crippen molar-refractivity contribution in [3.05, 3.63) is 57.6 Å². The van der Waals surface area contributed by atoms with Crippen molar-refractivity contribution in [2.24, 2.45) is 0 Å². The third-order valence-electron chi connectivity index (χ3n) is 13.9. The number of ether oxygens (including phenoxy) is 2. The summed E-state index contributed by atoms with van der Waals surface area (Å²) >= 11 is 0. The van der Waals surface area contributed by atoms with Crippen molar-refractivity contribution in [3.63, 3.8) is 0 Å². The van der Waals surface area contributed by atoms with Crippen LogP contribution in [-0.4, -0.2) is 101 Å². The summed E-state index contributed by atoms with van der Waals surface area (Å²) in [4.78, 5) is 0. The molecule has 1 saturated heterocycles. The maximum atomic E-state index is 7.30. The number of rotatable bonds is 15. The highest BCUT2D eigenvalue weighted by Crippen LogP contribution is 2.47. The van der Waals surface area contributed by atoms with E-state index in [0.29, 0.717) is 5.92 Å². The molecule has 2 aromatic rings. The average molecular weight is 731 g/mol. The van der Waals surface area contributed by atoms with Crippen LogP contribution in [0.4, 0.5) is 0 Å². The highest BCUT2D eigenvalue weighted by molar-refractivity contribution is 5.85. The van der Waals surface area contributed by atoms with E-state index in [0.717, 1.165) is 23.6 Å². The van der Waals surface area contributed by atoms with E-state index in [9.17, 15) is 0 Å². The van der Waals surface area contributed by atoms with Gasteiger partial charge in [0.25, 0.3) is 0 Å². The predicted molar refractivity (Wildman–Crippen MR) is 224 cm³/mol. The van der Waals surface area contributed by atoms with Crippen molar-refractivity contribution in [1.82, 2.24) is 0 Å². The largest absolute Gasteiger partial charge is 0.704 e. The van der Waals surface area contributed by atoms with E-state index in [-0.39, 0.29) is 16.4 Å². The zero-order valence-corrected chi connectivity index (χ0v) is 36.8. The molecule has 6 nitrogen and oxygen atoms in total. The summed E-state index contributed by atoms with van der Waals surface area (Å²) in [5.74, 6) is 2.42. The van der Waals surface area contributed by atoms with Gasteiger partial charge in [-0.2, -0.15) is 0 Å². The molecule has 0 radical (unpaired) electrons. The SMILES string of the molecule is CC[N+](CC)(CC)CCCC(CCC[N+](CC)(CC)CC)c1cc(C)c2c(c1)C=[N+]1CC(C)(C)[N+]3=Cc4cc(C(C)(C)C)cc(C(C)(C)C)c4OC13O2. The normalized spacial score (nSPS) is 19.5. The molecule has 294 valence electrons. The highest BCUT2D eigenvalue weighted by atomic mass is 16.7. The summed E-state index contributed by atoms with van der Waals surface area (Å²) in [5.41, 5.74) is 7.28. The number of hydrogen-bond donors (Lipinski definition) is 0. The predicted octanol–water partition coefficient (Wildman–Crippen LogP) is 9.74. The van der Waals surface area contributed by atoms with E-state index in [1.54, 1.807) is 0 Å². The Labute approximate surface area is 325 Å². The minimum atomic E-state index is -1.07. The molecule has 0 bridgehead atoms. The summed E-state index contributed by atoms with van der Waals surface area (Å²) in [6, 6.07) is 8.56. The zero-order valence-electron chi connectivity index (χ0n) is 36.8. The molecule has 0 aromatic heterocycles. The molecule has 1 atom stereocenters. The molecule has 3 aliphatic rings. The van der Waals surface area contributed by atoms with Gasteiger partial charge < -0.3 is 18.4 Å². The van der Waals surface area contributed by atoms with Gasteiger partial charge in [0.1, 0.15) is 0 Å². The topological polar surface area (TPSA) is 24.5 Å². The van der Waals surface area contributed by atoms with Crippen LogP contribution in [0.5, 0.6) is 11.5 Å². The van der Waals surface area contributed by atoms with Crippen LogP contribution in [0.25, 0.3) is 0 Å². The molecule has 1 fully saturated rings. The van der Waals surface area contributed by atoms with Crippen LogP contribution in [-0.2, 0) is 10.8 Å². The Morgan fingerprint density at radius 1 is 0.679 bits per heavy atom. The van der Waals surface area contributed by atoms with Crippen molar-refractivity contribution in [2.75, 3.05) is 58.9 Å². The van der Waals surface area contributed by atoms with Gasteiger partial charge >= 0.3 is 6.03 Å². The van der Waals surface area contributed by atoms with Crippen molar-refractivity contribution in [2.45, 2.75) is 158 Å². The fourth-order valence-corrected chi connectivity index (χ4v) is 9.57. The van der Waals surface area contributed by atoms with E-state index < -0.39 is 6.03 Å². The maximum absolute atomic E-state index is 7.30. The van der Waals surface area contributed by atoms with Crippen molar-refractivity contribution >= 4 is 12.4 Å². The van der Waals surface area contributed by atoms with E-state index in [4.69, 9.17) is 9.47 Å². The van der Waals surface area contributed by atoms with Crippen molar-refractivity contribution in [3.8, 4) is 11.5 Å². The lowest BCUT2D eigenvalue weighted by atomic mass is 9.79. The molecular weight excluding hydrogens is 653 g/mol. The van der Waals surface area contributed by atoms with Gasteiger partial charge in [-0.1, -0.05) is 62.8 Å². The Balaban J connectivity index is 1.54. The summed E-state index contributed by atoms with van der Waals surface area (Å²) in [7, 11) is 0. The molecule has 5 rings (SSSR count). The Morgan fingerprint density at radius 2 is 1.19 bits per heavy atom. The monoisotopic (exact) mass is 731 g/mol. The van der Waals surface area contributed by atoms with Crippen LogP contribution < -0.4 is 9.47 Å². The molecule has 53 heavy (non-hydrogen) atoms. The van der Waals surface area contributed by atoms with Crippen LogP contribution in [0, 0.1) is 6.92 Å². The molecule has 1 spiro atoms. The molecule has 1 unspecified atom stereocenters. The second-order valence-corrected chi connectivity index (χ2v) is 19.5. The first kappa shape index (κ1) is 41.5. The summed E-state index contributed by atoms with van der Waals surface area (Å²) in [6.07, 6.45) is 9.68. The number of quaternary nitrogens is 2. The molecule has 0 amide bonds. The van der Waals surface area contributed by atoms with Crippen molar-refractivity contribution in [1.29, 1.82) is 0 Å². The third-order valence-corrected chi connectivity index (χ3v) is 13.9. The summed E-state index contributed by atoms with van der Waals surface area (Å²) in [6.45, 7) is 45.5. The quantitative estimate of drug-likeness (QED) is 0.135. The van der Waals surface area contributed by atoms with E-state index in [2.05, 4.69) is 150 Å². The lowest BCUT2D eigenvalue weighted by Crippen LogP contribution is -2.61. The molecule has 3 heterocycles. The molecule has 0 N–H and O–H groups in total. The fraction of sp³-hybridized carbons (Fsp3) is 0.702. The van der Waals surface area contributed by atoms with E-state index in [1.165, 1.54) is 115 Å². The smallest absolute Gasteiger partial charge is 0.340 e. The number of fused-ring (bicyclic) bond motifs is 2. The van der Waals surface area contributed by atoms with E-state index >= 15 is 0 Å². The zero-order chi connectivity index (χ0) is 39.2. The molecule has 0 saturated carbocycles. The number of aryl methyl sites for hydroxylation is 1. The van der Waals surface area contributed by atoms with Gasteiger partial charge in [-0.05, 0) is 120 Å². The van der Waals surface area contributed by atoms with Gasteiger partial charge in [0.2, 0.25) is 12.1 Å². The first-order valence-corrected chi connectivity index (χ1v) is 21.4. The van der Waals surface area contributed by atoms with Crippen LogP contribution in [0.2, 0.25) is 0 Å². The van der Waals surface area contributed by atoms with E-state index in [1.807, 2.05) is 0 Å². The van der Waals surface area contributed by atoms with Gasteiger partial charge in [-0.3, -0.25) is 0 Å². The Hall–Kier alpha value is -2.70. The number of hydrogen-bond acceptors (Lipinski definition) is 2. The lowest BCUT2D eigenvalue weighted by Gasteiger charge is -2.37. The molecule has 3 aliphatic heterocycles. The van der Waals surface area contributed by atoms with Crippen molar-refractivity contribution < 1.29 is 27.6 Å². The van der Waals surface area contributed by atoms with Gasteiger partial charge in [-0.25, -0.2) is 0 Å². The second kappa shape index (κ2) is 15.1. The summed E-state index contributed by atoms with van der Waals surface area (Å²) in [5, 5.41) is 0. The first-order chi connectivity index (χ1) is 24.8. The molecular formula is C47H78N4O2+4. The molecule has 6 heteroatoms. The van der Waals surface area contributed by atoms with Crippen LogP contribution in [0.1, 0.15) is 162 Å². The van der Waals surface area contributed by atoms with Gasteiger partial charge in [0.05, 0.1) is 63.5 Å². The van der Waals surface area contributed by atoms with Crippen LogP contribution >= 0.6 is 0 Å². The highest BCUT2D eigenvalue weighted by Gasteiger charge is 2.75. The number of benzene rings is 2. The fourth-order valence-electron chi connectivity index (χ4n) is 9.57. The Bertz CT molecular complexity index is 1650. The standard InChI is InChI=1S/C47H78N4O2/c1-16-50(17-2,18-3)26-22-24-36(25-23-27-51(19-4,20-5)21-6)37-28-35(7)42-38(29-37)32-48-34-46(14,15)49-33-39-30-40(44(8,9)10)31-41(45(11,12)13)43(39)53-47(48,49)52-42/h28-33,36H,16-27,34H2,1-15H3/q+4. The van der Waals surface area contributed by atoms with Gasteiger partial charge in [0.15, 0.2) is 23.9 Å². The minimum Gasteiger partial charge on any atom is -0.340 e. The maximum Gasteiger partial charge on any atom is 0.704 e.